The molecule has 0 radical (unpaired) electrons. The Balaban J connectivity index is 1.70. The molecule has 0 saturated carbocycles. The van der Waals surface area contributed by atoms with Crippen LogP contribution in [0, 0.1) is 0 Å². The summed E-state index contributed by atoms with van der Waals surface area (Å²) < 4.78 is 21.6. The molecule has 1 fully saturated rings. The van der Waals surface area contributed by atoms with Gasteiger partial charge in [-0.3, -0.25) is 0 Å². The van der Waals surface area contributed by atoms with Crippen LogP contribution in [-0.2, 0) is 9.47 Å². The van der Waals surface area contributed by atoms with Gasteiger partial charge in [-0.25, -0.2) is 0 Å². The summed E-state index contributed by atoms with van der Waals surface area (Å²) in [5, 5.41) is 10.1. The lowest BCUT2D eigenvalue weighted by Crippen LogP contribution is -2.16. The topological polar surface area (TPSA) is 57.2 Å². The van der Waals surface area contributed by atoms with Gasteiger partial charge in [-0.05, 0) is 17.7 Å². The maximum absolute atomic E-state index is 10.1. The Morgan fingerprint density at radius 1 is 1.06 bits per heavy atom. The summed E-state index contributed by atoms with van der Waals surface area (Å²) in [4.78, 5) is 0. The zero-order chi connectivity index (χ0) is 12.4. The van der Waals surface area contributed by atoms with Gasteiger partial charge >= 0.3 is 0 Å². The van der Waals surface area contributed by atoms with Crippen LogP contribution in [0.1, 0.15) is 18.1 Å². The molecular weight excluding hydrogens is 236 g/mol. The van der Waals surface area contributed by atoms with Gasteiger partial charge in [0.2, 0.25) is 0 Å². The highest BCUT2D eigenvalue weighted by Gasteiger charge is 2.22. The molecule has 98 valence electrons. The van der Waals surface area contributed by atoms with Crippen molar-refractivity contribution in [1.29, 1.82) is 0 Å². The summed E-state index contributed by atoms with van der Waals surface area (Å²) in [6, 6.07) is 5.48. The van der Waals surface area contributed by atoms with Crippen LogP contribution in [0.4, 0.5) is 0 Å². The highest BCUT2D eigenvalue weighted by atomic mass is 16.7. The average Bonchev–Trinajstić information content (AvgIpc) is 2.91. The van der Waals surface area contributed by atoms with Gasteiger partial charge in [-0.2, -0.15) is 0 Å². The molecule has 2 heterocycles. The van der Waals surface area contributed by atoms with Crippen molar-refractivity contribution in [2.45, 2.75) is 18.8 Å². The van der Waals surface area contributed by atoms with Crippen molar-refractivity contribution in [1.82, 2.24) is 0 Å². The van der Waals surface area contributed by atoms with Crippen LogP contribution in [-0.4, -0.2) is 37.8 Å². The molecule has 1 unspecified atom stereocenters. The van der Waals surface area contributed by atoms with E-state index in [9.17, 15) is 5.11 Å². The number of benzene rings is 1. The molecule has 3 rings (SSSR count). The minimum Gasteiger partial charge on any atom is -0.486 e. The van der Waals surface area contributed by atoms with Crippen molar-refractivity contribution in [3.63, 3.8) is 0 Å². The van der Waals surface area contributed by atoms with E-state index in [2.05, 4.69) is 0 Å². The van der Waals surface area contributed by atoms with Crippen LogP contribution in [0.15, 0.2) is 18.2 Å². The summed E-state index contributed by atoms with van der Waals surface area (Å²) in [5.41, 5.74) is 0.790. The van der Waals surface area contributed by atoms with Crippen molar-refractivity contribution in [3.8, 4) is 11.5 Å². The van der Waals surface area contributed by atoms with E-state index in [0.717, 1.165) is 11.3 Å². The third-order valence-electron chi connectivity index (χ3n) is 3.06. The number of fused-ring (bicyclic) bond motifs is 1. The van der Waals surface area contributed by atoms with Gasteiger partial charge in [0.05, 0.1) is 19.3 Å². The summed E-state index contributed by atoms with van der Waals surface area (Å²) >= 11 is 0. The standard InChI is InChI=1S/C13H16O5/c14-10(8-13-17-5-6-18-13)9-1-2-11-12(7-9)16-4-3-15-11/h1-2,7,10,13-14H,3-6,8H2. The molecule has 0 bridgehead atoms. The first-order valence-electron chi connectivity index (χ1n) is 6.14. The normalized spacial score (nSPS) is 20.9. The van der Waals surface area contributed by atoms with Gasteiger partial charge in [0, 0.05) is 6.42 Å². The summed E-state index contributed by atoms with van der Waals surface area (Å²) in [7, 11) is 0. The molecule has 0 amide bonds. The van der Waals surface area contributed by atoms with E-state index in [1.165, 1.54) is 0 Å². The van der Waals surface area contributed by atoms with Gasteiger partial charge in [0.1, 0.15) is 13.2 Å². The maximum Gasteiger partial charge on any atom is 0.161 e. The smallest absolute Gasteiger partial charge is 0.161 e. The summed E-state index contributed by atoms with van der Waals surface area (Å²) in [6.07, 6.45) is -0.503. The predicted molar refractivity (Wildman–Crippen MR) is 62.7 cm³/mol. The molecule has 1 atom stereocenters. The highest BCUT2D eigenvalue weighted by Crippen LogP contribution is 2.34. The van der Waals surface area contributed by atoms with E-state index in [-0.39, 0.29) is 6.29 Å². The van der Waals surface area contributed by atoms with Crippen LogP contribution in [0.5, 0.6) is 11.5 Å². The Morgan fingerprint density at radius 2 is 1.78 bits per heavy atom. The van der Waals surface area contributed by atoms with Gasteiger partial charge in [-0.1, -0.05) is 6.07 Å². The Bertz CT molecular complexity index is 414. The van der Waals surface area contributed by atoms with E-state index in [1.807, 2.05) is 18.2 Å². The van der Waals surface area contributed by atoms with Gasteiger partial charge < -0.3 is 24.1 Å². The zero-order valence-electron chi connectivity index (χ0n) is 10.0. The number of hydrogen-bond donors (Lipinski definition) is 1. The molecule has 1 saturated heterocycles. The SMILES string of the molecule is OC(CC1OCCO1)c1ccc2c(c1)OCCO2. The van der Waals surface area contributed by atoms with Crippen LogP contribution in [0.25, 0.3) is 0 Å². The van der Waals surface area contributed by atoms with Crippen molar-refractivity contribution in [2.24, 2.45) is 0 Å². The van der Waals surface area contributed by atoms with Crippen molar-refractivity contribution in [2.75, 3.05) is 26.4 Å². The van der Waals surface area contributed by atoms with Gasteiger partial charge in [0.15, 0.2) is 17.8 Å². The largest absolute Gasteiger partial charge is 0.486 e. The monoisotopic (exact) mass is 252 g/mol. The van der Waals surface area contributed by atoms with Crippen LogP contribution in [0.2, 0.25) is 0 Å². The molecular formula is C13H16O5. The lowest BCUT2D eigenvalue weighted by atomic mass is 10.1. The van der Waals surface area contributed by atoms with Gasteiger partial charge in [-0.15, -0.1) is 0 Å². The fourth-order valence-electron chi connectivity index (χ4n) is 2.13. The fourth-order valence-corrected chi connectivity index (χ4v) is 2.13. The molecule has 0 spiro atoms. The summed E-state index contributed by atoms with van der Waals surface area (Å²) in [6.45, 7) is 2.30. The zero-order valence-corrected chi connectivity index (χ0v) is 10.0. The quantitative estimate of drug-likeness (QED) is 0.877. The van der Waals surface area contributed by atoms with Crippen molar-refractivity contribution in [3.05, 3.63) is 23.8 Å². The fraction of sp³-hybridized carbons (Fsp3) is 0.538. The Morgan fingerprint density at radius 3 is 2.56 bits per heavy atom. The first-order valence-corrected chi connectivity index (χ1v) is 6.14. The van der Waals surface area contributed by atoms with E-state index >= 15 is 0 Å². The second-order valence-corrected chi connectivity index (χ2v) is 4.33. The van der Waals surface area contributed by atoms with Crippen molar-refractivity contribution >= 4 is 0 Å². The molecule has 5 heteroatoms. The van der Waals surface area contributed by atoms with E-state index in [1.54, 1.807) is 0 Å². The number of hydrogen-bond acceptors (Lipinski definition) is 5. The Hall–Kier alpha value is -1.30. The molecule has 2 aliphatic heterocycles. The molecule has 1 N–H and O–H groups in total. The molecule has 1 aromatic rings. The number of rotatable bonds is 3. The van der Waals surface area contributed by atoms with E-state index in [0.29, 0.717) is 38.6 Å². The Labute approximate surface area is 105 Å². The second kappa shape index (κ2) is 5.14. The maximum atomic E-state index is 10.1. The summed E-state index contributed by atoms with van der Waals surface area (Å²) in [5.74, 6) is 1.41. The van der Waals surface area contributed by atoms with E-state index < -0.39 is 6.10 Å². The van der Waals surface area contributed by atoms with Crippen molar-refractivity contribution < 1.29 is 24.1 Å². The number of ether oxygens (including phenoxy) is 4. The van der Waals surface area contributed by atoms with E-state index in [4.69, 9.17) is 18.9 Å². The van der Waals surface area contributed by atoms with Crippen LogP contribution < -0.4 is 9.47 Å². The molecule has 0 aromatic heterocycles. The Kier molecular flexibility index (Phi) is 3.36. The van der Waals surface area contributed by atoms with Crippen LogP contribution in [0.3, 0.4) is 0 Å². The molecule has 1 aromatic carbocycles. The highest BCUT2D eigenvalue weighted by molar-refractivity contribution is 5.44. The molecule has 18 heavy (non-hydrogen) atoms. The predicted octanol–water partition coefficient (Wildman–Crippen LogP) is 1.25. The van der Waals surface area contributed by atoms with Crippen LogP contribution >= 0.6 is 0 Å². The lowest BCUT2D eigenvalue weighted by Gasteiger charge is -2.21. The van der Waals surface area contributed by atoms with Gasteiger partial charge in [0.25, 0.3) is 0 Å². The minimum atomic E-state index is -0.621. The number of aliphatic hydroxyl groups excluding tert-OH is 1. The lowest BCUT2D eigenvalue weighted by molar-refractivity contribution is -0.0708. The third kappa shape index (κ3) is 2.43. The first-order chi connectivity index (χ1) is 8.83. The molecule has 0 aliphatic carbocycles. The molecule has 2 aliphatic rings. The number of aliphatic hydroxyl groups is 1. The first kappa shape index (κ1) is 11.8. The minimum absolute atomic E-state index is 0.312. The average molecular weight is 252 g/mol. The second-order valence-electron chi connectivity index (χ2n) is 4.33. The third-order valence-corrected chi connectivity index (χ3v) is 3.06. The molecule has 5 nitrogen and oxygen atoms in total.